The minimum Gasteiger partial charge on any atom is -0.497 e. The molecule has 1 heterocycles. The van der Waals surface area contributed by atoms with E-state index >= 15 is 0 Å². The van der Waals surface area contributed by atoms with Crippen molar-refractivity contribution in [1.82, 2.24) is 15.5 Å². The van der Waals surface area contributed by atoms with Crippen LogP contribution in [0.3, 0.4) is 0 Å². The zero-order valence-corrected chi connectivity index (χ0v) is 12.6. The highest BCUT2D eigenvalue weighted by atomic mass is 79.9. The van der Waals surface area contributed by atoms with Crippen LogP contribution in [-0.4, -0.2) is 23.9 Å². The first-order chi connectivity index (χ1) is 8.74. The molecule has 0 fully saturated rings. The number of rotatable bonds is 5. The molecule has 0 aliphatic carbocycles. The van der Waals surface area contributed by atoms with Crippen molar-refractivity contribution in [2.24, 2.45) is 0 Å². The number of methoxy groups -OCH3 is 1. The highest BCUT2D eigenvalue weighted by Gasteiger charge is 2.10. The molecule has 2 rings (SSSR count). The van der Waals surface area contributed by atoms with Gasteiger partial charge in [0.05, 0.1) is 7.11 Å². The molecule has 96 valence electrons. The van der Waals surface area contributed by atoms with Crippen LogP contribution in [0.5, 0.6) is 5.75 Å². The first-order valence-corrected chi connectivity index (χ1v) is 7.22. The van der Waals surface area contributed by atoms with Gasteiger partial charge < -0.3 is 10.1 Å². The van der Waals surface area contributed by atoms with E-state index in [1.54, 1.807) is 18.4 Å². The Morgan fingerprint density at radius 3 is 2.94 bits per heavy atom. The second-order valence-electron chi connectivity index (χ2n) is 3.63. The number of hydrogen-bond acceptors (Lipinski definition) is 5. The molecule has 0 spiro atoms. The summed E-state index contributed by atoms with van der Waals surface area (Å²) in [6, 6.07) is 5.83. The van der Waals surface area contributed by atoms with Crippen molar-refractivity contribution < 1.29 is 4.74 Å². The van der Waals surface area contributed by atoms with Crippen LogP contribution in [0.15, 0.2) is 22.7 Å². The normalized spacial score (nSPS) is 10.6. The van der Waals surface area contributed by atoms with E-state index in [0.717, 1.165) is 38.9 Å². The molecule has 2 aromatic rings. The minimum atomic E-state index is 0.760. The topological polar surface area (TPSA) is 47.0 Å². The maximum absolute atomic E-state index is 5.23. The molecule has 0 radical (unpaired) electrons. The Kier molecular flexibility index (Phi) is 4.68. The molecular formula is C12H14BrN3OS. The van der Waals surface area contributed by atoms with Gasteiger partial charge in [-0.25, -0.2) is 0 Å². The second-order valence-corrected chi connectivity index (χ2v) is 5.54. The van der Waals surface area contributed by atoms with Crippen LogP contribution in [0.25, 0.3) is 10.6 Å². The monoisotopic (exact) mass is 327 g/mol. The van der Waals surface area contributed by atoms with Crippen LogP contribution in [0.1, 0.15) is 11.9 Å². The maximum atomic E-state index is 5.23. The molecule has 4 nitrogen and oxygen atoms in total. The van der Waals surface area contributed by atoms with Gasteiger partial charge in [0.2, 0.25) is 0 Å². The van der Waals surface area contributed by atoms with Crippen LogP contribution >= 0.6 is 27.3 Å². The molecular weight excluding hydrogens is 314 g/mol. The van der Waals surface area contributed by atoms with E-state index in [9.17, 15) is 0 Å². The van der Waals surface area contributed by atoms with Gasteiger partial charge in [-0.1, -0.05) is 34.2 Å². The summed E-state index contributed by atoms with van der Waals surface area (Å²) in [7, 11) is 1.66. The summed E-state index contributed by atoms with van der Waals surface area (Å²) in [4.78, 5) is 0. The number of hydrogen-bond donors (Lipinski definition) is 1. The van der Waals surface area contributed by atoms with Crippen LogP contribution in [0, 0.1) is 0 Å². The lowest BCUT2D eigenvalue weighted by atomic mass is 10.2. The number of ether oxygens (including phenoxy) is 1. The van der Waals surface area contributed by atoms with Gasteiger partial charge in [0.25, 0.3) is 0 Å². The van der Waals surface area contributed by atoms with Crippen molar-refractivity contribution in [3.63, 3.8) is 0 Å². The number of nitrogens with one attached hydrogen (secondary N) is 1. The summed E-state index contributed by atoms with van der Waals surface area (Å²) in [5, 5.41) is 13.5. The molecule has 0 aliphatic heterocycles. The predicted octanol–water partition coefficient (Wildman–Crippen LogP) is 3.09. The Balaban J connectivity index is 2.27. The molecule has 0 saturated heterocycles. The van der Waals surface area contributed by atoms with Gasteiger partial charge in [-0.2, -0.15) is 0 Å². The fourth-order valence-electron chi connectivity index (χ4n) is 1.46. The van der Waals surface area contributed by atoms with Crippen molar-refractivity contribution >= 4 is 27.3 Å². The van der Waals surface area contributed by atoms with Gasteiger partial charge in [0.15, 0.2) is 0 Å². The molecule has 0 amide bonds. The van der Waals surface area contributed by atoms with Crippen LogP contribution in [0.2, 0.25) is 0 Å². The highest BCUT2D eigenvalue weighted by Crippen LogP contribution is 2.33. The first kappa shape index (κ1) is 13.5. The standard InChI is InChI=1S/C12H14BrN3OS/c1-3-14-7-11-15-16-12(18-11)9-6-8(17-2)4-5-10(9)13/h4-6,14H,3,7H2,1-2H3. The van der Waals surface area contributed by atoms with Crippen LogP contribution in [-0.2, 0) is 6.54 Å². The van der Waals surface area contributed by atoms with E-state index in [1.165, 1.54) is 0 Å². The summed E-state index contributed by atoms with van der Waals surface area (Å²) < 4.78 is 6.22. The SMILES string of the molecule is CCNCc1nnc(-c2cc(OC)ccc2Br)s1. The molecule has 0 saturated carbocycles. The molecule has 1 aromatic heterocycles. The maximum Gasteiger partial charge on any atom is 0.149 e. The third-order valence-electron chi connectivity index (χ3n) is 2.40. The number of aromatic nitrogens is 2. The van der Waals surface area contributed by atoms with Crippen molar-refractivity contribution in [2.45, 2.75) is 13.5 Å². The lowest BCUT2D eigenvalue weighted by Crippen LogP contribution is -2.11. The van der Waals surface area contributed by atoms with Gasteiger partial charge >= 0.3 is 0 Å². The molecule has 0 unspecified atom stereocenters. The molecule has 18 heavy (non-hydrogen) atoms. The highest BCUT2D eigenvalue weighted by molar-refractivity contribution is 9.10. The lowest BCUT2D eigenvalue weighted by Gasteiger charge is -2.03. The summed E-state index contributed by atoms with van der Waals surface area (Å²) in [6.45, 7) is 3.76. The van der Waals surface area contributed by atoms with Crippen molar-refractivity contribution in [2.75, 3.05) is 13.7 Å². The summed E-state index contributed by atoms with van der Waals surface area (Å²) in [5.41, 5.74) is 1.01. The lowest BCUT2D eigenvalue weighted by molar-refractivity contribution is 0.415. The van der Waals surface area contributed by atoms with Crippen LogP contribution < -0.4 is 10.1 Å². The fourth-order valence-corrected chi connectivity index (χ4v) is 2.87. The average molecular weight is 328 g/mol. The summed E-state index contributed by atoms with van der Waals surface area (Å²) in [6.07, 6.45) is 0. The van der Waals surface area contributed by atoms with E-state index in [1.807, 2.05) is 18.2 Å². The van der Waals surface area contributed by atoms with Crippen molar-refractivity contribution in [3.05, 3.63) is 27.7 Å². The molecule has 6 heteroatoms. The van der Waals surface area contributed by atoms with E-state index in [2.05, 4.69) is 38.4 Å². The molecule has 0 atom stereocenters. The Morgan fingerprint density at radius 1 is 1.39 bits per heavy atom. The quantitative estimate of drug-likeness (QED) is 0.916. The van der Waals surface area contributed by atoms with E-state index in [-0.39, 0.29) is 0 Å². The van der Waals surface area contributed by atoms with Crippen molar-refractivity contribution in [3.8, 4) is 16.3 Å². The fraction of sp³-hybridized carbons (Fsp3) is 0.333. The van der Waals surface area contributed by atoms with Gasteiger partial charge in [-0.05, 0) is 24.7 Å². The third-order valence-corrected chi connectivity index (χ3v) is 4.05. The molecule has 0 aliphatic rings. The molecule has 0 bridgehead atoms. The van der Waals surface area contributed by atoms with E-state index in [0.29, 0.717) is 0 Å². The zero-order chi connectivity index (χ0) is 13.0. The van der Waals surface area contributed by atoms with Gasteiger partial charge in [-0.3, -0.25) is 0 Å². The van der Waals surface area contributed by atoms with Gasteiger partial charge in [0.1, 0.15) is 15.8 Å². The minimum absolute atomic E-state index is 0.760. The van der Waals surface area contributed by atoms with Crippen molar-refractivity contribution in [1.29, 1.82) is 0 Å². The largest absolute Gasteiger partial charge is 0.497 e. The Hall–Kier alpha value is -0.980. The number of halogens is 1. The summed E-state index contributed by atoms with van der Waals surface area (Å²) in [5.74, 6) is 0.816. The smallest absolute Gasteiger partial charge is 0.149 e. The number of benzene rings is 1. The third kappa shape index (κ3) is 3.07. The Bertz CT molecular complexity index is 530. The van der Waals surface area contributed by atoms with E-state index in [4.69, 9.17) is 4.74 Å². The zero-order valence-electron chi connectivity index (χ0n) is 10.2. The van der Waals surface area contributed by atoms with Gasteiger partial charge in [-0.15, -0.1) is 10.2 Å². The predicted molar refractivity (Wildman–Crippen MR) is 77.0 cm³/mol. The molecule has 1 aromatic carbocycles. The first-order valence-electron chi connectivity index (χ1n) is 5.61. The average Bonchev–Trinajstić information content (AvgIpc) is 2.85. The van der Waals surface area contributed by atoms with Gasteiger partial charge in [0, 0.05) is 16.6 Å². The summed E-state index contributed by atoms with van der Waals surface area (Å²) >= 11 is 5.11. The second kappa shape index (κ2) is 6.26. The number of nitrogens with zero attached hydrogens (tertiary/aromatic N) is 2. The van der Waals surface area contributed by atoms with Crippen LogP contribution in [0.4, 0.5) is 0 Å². The van der Waals surface area contributed by atoms with E-state index < -0.39 is 0 Å². The Morgan fingerprint density at radius 2 is 2.22 bits per heavy atom. The molecule has 1 N–H and O–H groups in total. The Labute approximate surface area is 119 Å².